The molecule has 2 aromatic carbocycles. The third-order valence-electron chi connectivity index (χ3n) is 3.21. The van der Waals surface area contributed by atoms with Crippen molar-refractivity contribution in [2.45, 2.75) is 12.4 Å². The lowest BCUT2D eigenvalue weighted by Gasteiger charge is -2.16. The van der Waals surface area contributed by atoms with Crippen LogP contribution in [0.25, 0.3) is 0 Å². The lowest BCUT2D eigenvalue weighted by molar-refractivity contribution is -0.274. The zero-order chi connectivity index (χ0) is 17.0. The molecule has 0 heterocycles. The van der Waals surface area contributed by atoms with Gasteiger partial charge in [-0.3, -0.25) is 0 Å². The third-order valence-corrected chi connectivity index (χ3v) is 3.21. The van der Waals surface area contributed by atoms with Gasteiger partial charge in [0.25, 0.3) is 0 Å². The Morgan fingerprint density at radius 1 is 0.826 bits per heavy atom. The predicted molar refractivity (Wildman–Crippen MR) is 78.7 cm³/mol. The molecule has 0 aliphatic heterocycles. The summed E-state index contributed by atoms with van der Waals surface area (Å²) in [6, 6.07) is 10.1. The number of methoxy groups -OCH3 is 2. The zero-order valence-electron chi connectivity index (χ0n) is 12.6. The molecule has 0 bridgehead atoms. The average Bonchev–Trinajstić information content (AvgIpc) is 2.52. The third kappa shape index (κ3) is 4.53. The summed E-state index contributed by atoms with van der Waals surface area (Å²) in [4.78, 5) is 0. The van der Waals surface area contributed by atoms with Crippen LogP contribution in [-0.2, 0) is 0 Å². The van der Waals surface area contributed by atoms with E-state index in [2.05, 4.69) is 4.74 Å². The zero-order valence-corrected chi connectivity index (χ0v) is 12.6. The van der Waals surface area contributed by atoms with Crippen LogP contribution in [-0.4, -0.2) is 20.6 Å². The molecule has 0 saturated carbocycles. The van der Waals surface area contributed by atoms with E-state index in [0.717, 1.165) is 0 Å². The van der Waals surface area contributed by atoms with Crippen molar-refractivity contribution in [2.24, 2.45) is 5.73 Å². The van der Waals surface area contributed by atoms with Crippen molar-refractivity contribution in [1.82, 2.24) is 0 Å². The second kappa shape index (κ2) is 6.78. The van der Waals surface area contributed by atoms with Gasteiger partial charge in [-0.05, 0) is 35.4 Å². The summed E-state index contributed by atoms with van der Waals surface area (Å²) in [6.07, 6.45) is -4.72. The van der Waals surface area contributed by atoms with Gasteiger partial charge in [0.05, 0.1) is 20.3 Å². The lowest BCUT2D eigenvalue weighted by Crippen LogP contribution is -2.17. The van der Waals surface area contributed by atoms with Gasteiger partial charge in [-0.15, -0.1) is 13.2 Å². The average molecular weight is 327 g/mol. The van der Waals surface area contributed by atoms with Crippen molar-refractivity contribution in [3.05, 3.63) is 53.6 Å². The highest BCUT2D eigenvalue weighted by Gasteiger charge is 2.31. The van der Waals surface area contributed by atoms with Crippen LogP contribution in [0.4, 0.5) is 13.2 Å². The molecule has 23 heavy (non-hydrogen) atoms. The Balaban J connectivity index is 2.24. The van der Waals surface area contributed by atoms with E-state index in [9.17, 15) is 13.2 Å². The van der Waals surface area contributed by atoms with Crippen LogP contribution in [0.3, 0.4) is 0 Å². The fourth-order valence-electron chi connectivity index (χ4n) is 2.08. The molecule has 124 valence electrons. The topological polar surface area (TPSA) is 53.7 Å². The van der Waals surface area contributed by atoms with Gasteiger partial charge >= 0.3 is 6.36 Å². The summed E-state index contributed by atoms with van der Waals surface area (Å²) < 4.78 is 50.7. The molecular formula is C16H16F3NO3. The van der Waals surface area contributed by atoms with E-state index < -0.39 is 12.4 Å². The van der Waals surface area contributed by atoms with Gasteiger partial charge < -0.3 is 19.9 Å². The Hall–Kier alpha value is -2.41. The number of alkyl halides is 3. The first kappa shape index (κ1) is 17.0. The van der Waals surface area contributed by atoms with E-state index in [1.54, 1.807) is 18.2 Å². The monoisotopic (exact) mass is 327 g/mol. The van der Waals surface area contributed by atoms with Crippen molar-refractivity contribution in [3.63, 3.8) is 0 Å². The van der Waals surface area contributed by atoms with Crippen molar-refractivity contribution < 1.29 is 27.4 Å². The van der Waals surface area contributed by atoms with E-state index in [-0.39, 0.29) is 5.75 Å². The van der Waals surface area contributed by atoms with Crippen LogP contribution in [0, 0.1) is 0 Å². The molecule has 0 radical (unpaired) electrons. The van der Waals surface area contributed by atoms with Gasteiger partial charge in [-0.2, -0.15) is 0 Å². The molecule has 0 amide bonds. The molecule has 2 rings (SSSR count). The van der Waals surface area contributed by atoms with Gasteiger partial charge in [0.1, 0.15) is 17.2 Å². The minimum absolute atomic E-state index is 0.295. The highest BCUT2D eigenvalue weighted by molar-refractivity contribution is 5.43. The number of hydrogen-bond donors (Lipinski definition) is 1. The number of nitrogens with two attached hydrogens (primary N) is 1. The van der Waals surface area contributed by atoms with E-state index in [0.29, 0.717) is 22.6 Å². The largest absolute Gasteiger partial charge is 0.573 e. The smallest absolute Gasteiger partial charge is 0.497 e. The number of hydrogen-bond acceptors (Lipinski definition) is 4. The van der Waals surface area contributed by atoms with Crippen molar-refractivity contribution >= 4 is 0 Å². The first-order chi connectivity index (χ1) is 10.8. The molecule has 4 nitrogen and oxygen atoms in total. The Kier molecular flexibility index (Phi) is 5.00. The minimum atomic E-state index is -4.72. The maximum Gasteiger partial charge on any atom is 0.573 e. The molecule has 0 saturated heterocycles. The Morgan fingerprint density at radius 3 is 1.78 bits per heavy atom. The molecule has 1 atom stereocenters. The van der Waals surface area contributed by atoms with Crippen molar-refractivity contribution in [3.8, 4) is 17.2 Å². The van der Waals surface area contributed by atoms with Crippen LogP contribution in [0.1, 0.15) is 17.2 Å². The van der Waals surface area contributed by atoms with Gasteiger partial charge in [0, 0.05) is 6.07 Å². The first-order valence-corrected chi connectivity index (χ1v) is 6.66. The number of rotatable bonds is 5. The second-order valence-corrected chi connectivity index (χ2v) is 4.74. The first-order valence-electron chi connectivity index (χ1n) is 6.66. The molecule has 0 spiro atoms. The highest BCUT2D eigenvalue weighted by Crippen LogP contribution is 2.30. The van der Waals surface area contributed by atoms with Crippen molar-refractivity contribution in [1.29, 1.82) is 0 Å². The number of benzene rings is 2. The van der Waals surface area contributed by atoms with E-state index in [1.165, 1.54) is 38.5 Å². The number of ether oxygens (including phenoxy) is 3. The molecule has 0 aliphatic carbocycles. The molecular weight excluding hydrogens is 311 g/mol. The van der Waals surface area contributed by atoms with E-state index >= 15 is 0 Å². The fourth-order valence-corrected chi connectivity index (χ4v) is 2.08. The summed E-state index contributed by atoms with van der Waals surface area (Å²) in [5, 5.41) is 0. The summed E-state index contributed by atoms with van der Waals surface area (Å²) in [5.41, 5.74) is 7.51. The molecule has 0 aliphatic rings. The Bertz CT molecular complexity index is 634. The van der Waals surface area contributed by atoms with Gasteiger partial charge in [-0.25, -0.2) is 0 Å². The molecule has 2 N–H and O–H groups in total. The normalized spacial score (nSPS) is 12.6. The summed E-state index contributed by atoms with van der Waals surface area (Å²) in [7, 11) is 3.04. The standard InChI is InChI=1S/C16H16F3NO3/c1-21-13-7-11(8-14(9-13)22-2)15(20)10-3-5-12(6-4-10)23-16(17,18)19/h3-9,15H,20H2,1-2H3/t15-/m0/s1. The quantitative estimate of drug-likeness (QED) is 0.911. The SMILES string of the molecule is COc1cc(OC)cc([C@@H](N)c2ccc(OC(F)(F)F)cc2)c1. The van der Waals surface area contributed by atoms with Crippen LogP contribution >= 0.6 is 0 Å². The summed E-state index contributed by atoms with van der Waals surface area (Å²) in [6.45, 7) is 0. The molecule has 0 aromatic heterocycles. The predicted octanol–water partition coefficient (Wildman–Crippen LogP) is 3.65. The lowest BCUT2D eigenvalue weighted by atomic mass is 9.99. The van der Waals surface area contributed by atoms with Crippen molar-refractivity contribution in [2.75, 3.05) is 14.2 Å². The van der Waals surface area contributed by atoms with Gasteiger partial charge in [-0.1, -0.05) is 12.1 Å². The number of halogens is 3. The molecule has 7 heteroatoms. The maximum absolute atomic E-state index is 12.2. The molecule has 0 unspecified atom stereocenters. The Morgan fingerprint density at radius 2 is 1.35 bits per heavy atom. The van der Waals surface area contributed by atoms with E-state index in [4.69, 9.17) is 15.2 Å². The van der Waals surface area contributed by atoms with Gasteiger partial charge in [0.15, 0.2) is 0 Å². The van der Waals surface area contributed by atoms with Crippen LogP contribution in [0.15, 0.2) is 42.5 Å². The van der Waals surface area contributed by atoms with Crippen LogP contribution in [0.5, 0.6) is 17.2 Å². The molecule has 0 fully saturated rings. The summed E-state index contributed by atoms with van der Waals surface area (Å²) >= 11 is 0. The van der Waals surface area contributed by atoms with Crippen LogP contribution < -0.4 is 19.9 Å². The molecule has 2 aromatic rings. The maximum atomic E-state index is 12.2. The minimum Gasteiger partial charge on any atom is -0.497 e. The van der Waals surface area contributed by atoms with Crippen LogP contribution in [0.2, 0.25) is 0 Å². The van der Waals surface area contributed by atoms with E-state index in [1.807, 2.05) is 0 Å². The Labute approximate surface area is 131 Å². The second-order valence-electron chi connectivity index (χ2n) is 4.74. The summed E-state index contributed by atoms with van der Waals surface area (Å²) in [5.74, 6) is 0.857. The fraction of sp³-hybridized carbons (Fsp3) is 0.250. The highest BCUT2D eigenvalue weighted by atomic mass is 19.4. The van der Waals surface area contributed by atoms with Gasteiger partial charge in [0.2, 0.25) is 0 Å².